The third kappa shape index (κ3) is 22.6. The topological polar surface area (TPSA) is 26.3 Å². The Morgan fingerprint density at radius 3 is 1.92 bits per heavy atom. The van der Waals surface area contributed by atoms with Gasteiger partial charge >= 0.3 is 5.97 Å². The van der Waals surface area contributed by atoms with E-state index in [4.69, 9.17) is 0 Å². The highest BCUT2D eigenvalue weighted by molar-refractivity contribution is 7.99. The monoisotopic (exact) mass is 198 g/mol. The van der Waals surface area contributed by atoms with Gasteiger partial charge in [-0.3, -0.25) is 4.79 Å². The van der Waals surface area contributed by atoms with Gasteiger partial charge < -0.3 is 4.74 Å². The fourth-order valence-electron chi connectivity index (χ4n) is 0.321. The minimum absolute atomic E-state index is 0. The third-order valence-electron chi connectivity index (χ3n) is 0.568. The predicted octanol–water partition coefficient (Wildman–Crippen LogP) is 3.46. The molecule has 0 aromatic carbocycles. The van der Waals surface area contributed by atoms with E-state index < -0.39 is 0 Å². The van der Waals surface area contributed by atoms with Crippen LogP contribution in [-0.2, 0) is 9.53 Å². The summed E-state index contributed by atoms with van der Waals surface area (Å²) >= 11 is 1.48. The first-order chi connectivity index (χ1) is 3.81. The first-order valence-corrected chi connectivity index (χ1v) is 3.85. The largest absolute Gasteiger partial charge is 0.465 e. The molecule has 0 heterocycles. The van der Waals surface area contributed by atoms with Gasteiger partial charge in [0.1, 0.15) is 0 Å². The molecule has 3 heteroatoms. The van der Waals surface area contributed by atoms with Gasteiger partial charge in [0, 0.05) is 0 Å². The van der Waals surface area contributed by atoms with Crippen LogP contribution in [0.2, 0.25) is 0 Å². The fraction of sp³-hybridized carbons (Fsp3) is 0.889. The molecule has 12 heavy (non-hydrogen) atoms. The second kappa shape index (κ2) is 22.4. The van der Waals surface area contributed by atoms with E-state index in [0.29, 0.717) is 12.4 Å². The Labute approximate surface area is 83.1 Å². The van der Waals surface area contributed by atoms with Gasteiger partial charge in [-0.1, -0.05) is 29.7 Å². The summed E-state index contributed by atoms with van der Waals surface area (Å²) in [6.45, 7) is 2.29. The van der Waals surface area contributed by atoms with Crippen LogP contribution in [0.25, 0.3) is 0 Å². The summed E-state index contributed by atoms with van der Waals surface area (Å²) in [4.78, 5) is 10.4. The summed E-state index contributed by atoms with van der Waals surface area (Å²) in [7, 11) is 0. The van der Waals surface area contributed by atoms with E-state index in [1.165, 1.54) is 11.8 Å². The van der Waals surface area contributed by atoms with E-state index in [2.05, 4.69) is 4.74 Å². The summed E-state index contributed by atoms with van der Waals surface area (Å²) in [5.74, 6) is 0.341. The average Bonchev–Trinajstić information content (AvgIpc) is 1.68. The second-order valence-corrected chi connectivity index (χ2v) is 2.10. The number of ether oxygens (including phenoxy) is 1. The van der Waals surface area contributed by atoms with E-state index >= 15 is 0 Å². The maximum absolute atomic E-state index is 10.4. The molecule has 0 aliphatic rings. The highest BCUT2D eigenvalue weighted by atomic mass is 32.2. The molecule has 0 bridgehead atoms. The zero-order chi connectivity index (χ0) is 6.41. The average molecular weight is 198 g/mol. The molecule has 2 nitrogen and oxygen atoms in total. The quantitative estimate of drug-likeness (QED) is 0.650. The lowest BCUT2D eigenvalue weighted by atomic mass is 10.8. The Morgan fingerprint density at radius 1 is 1.25 bits per heavy atom. The SMILES string of the molecule is C.C.C.C.CCOC(=O)CSC. The molecule has 0 rings (SSSR count). The van der Waals surface area contributed by atoms with Crippen molar-refractivity contribution in [1.29, 1.82) is 0 Å². The van der Waals surface area contributed by atoms with Crippen LogP contribution in [0.4, 0.5) is 0 Å². The number of carbonyl (C=O) groups excluding carboxylic acids is 1. The van der Waals surface area contributed by atoms with Crippen LogP contribution < -0.4 is 0 Å². The highest BCUT2D eigenvalue weighted by Gasteiger charge is 1.95. The van der Waals surface area contributed by atoms with E-state index in [1.807, 2.05) is 6.26 Å². The molecular weight excluding hydrogens is 172 g/mol. The van der Waals surface area contributed by atoms with Gasteiger partial charge in [0.05, 0.1) is 12.4 Å². The highest BCUT2D eigenvalue weighted by Crippen LogP contribution is 1.91. The number of hydrogen-bond acceptors (Lipinski definition) is 3. The van der Waals surface area contributed by atoms with E-state index in [-0.39, 0.29) is 35.7 Å². The Morgan fingerprint density at radius 2 is 1.67 bits per heavy atom. The first-order valence-electron chi connectivity index (χ1n) is 2.45. The second-order valence-electron chi connectivity index (χ2n) is 1.24. The number of carbonyl (C=O) groups is 1. The van der Waals surface area contributed by atoms with Gasteiger partial charge in [-0.2, -0.15) is 11.8 Å². The van der Waals surface area contributed by atoms with Crippen molar-refractivity contribution in [1.82, 2.24) is 0 Å². The molecule has 0 N–H and O–H groups in total. The zero-order valence-electron chi connectivity index (χ0n) is 5.14. The lowest BCUT2D eigenvalue weighted by Gasteiger charge is -1.96. The molecule has 0 fully saturated rings. The predicted molar refractivity (Wildman–Crippen MR) is 61.9 cm³/mol. The summed E-state index contributed by atoms with van der Waals surface area (Å²) in [5, 5.41) is 0. The van der Waals surface area contributed by atoms with Crippen LogP contribution in [0.3, 0.4) is 0 Å². The van der Waals surface area contributed by atoms with Gasteiger partial charge in [-0.05, 0) is 13.2 Å². The van der Waals surface area contributed by atoms with Crippen molar-refractivity contribution in [2.75, 3.05) is 18.6 Å². The molecule has 0 atom stereocenters. The number of hydrogen-bond donors (Lipinski definition) is 0. The molecule has 0 saturated heterocycles. The Kier molecular flexibility index (Phi) is 55.6. The molecule has 0 aromatic heterocycles. The lowest BCUT2D eigenvalue weighted by Crippen LogP contribution is -2.05. The normalized spacial score (nSPS) is 5.83. The van der Waals surface area contributed by atoms with Crippen LogP contribution in [0.15, 0.2) is 0 Å². The molecule has 0 aromatic rings. The molecule has 0 aliphatic carbocycles. The van der Waals surface area contributed by atoms with Gasteiger partial charge in [0.25, 0.3) is 0 Å². The molecule has 0 amide bonds. The van der Waals surface area contributed by atoms with Gasteiger partial charge in [0.15, 0.2) is 0 Å². The van der Waals surface area contributed by atoms with Gasteiger partial charge in [-0.25, -0.2) is 0 Å². The van der Waals surface area contributed by atoms with E-state index in [9.17, 15) is 4.79 Å². The summed E-state index contributed by atoms with van der Waals surface area (Å²) in [5.41, 5.74) is 0. The van der Waals surface area contributed by atoms with Crippen LogP contribution in [0.1, 0.15) is 36.6 Å². The molecular formula is C9H26O2S. The van der Waals surface area contributed by atoms with Crippen LogP contribution >= 0.6 is 11.8 Å². The fourth-order valence-corrected chi connectivity index (χ4v) is 0.640. The molecule has 0 aliphatic heterocycles. The third-order valence-corrected chi connectivity index (χ3v) is 1.09. The molecule has 0 radical (unpaired) electrons. The summed E-state index contributed by atoms with van der Waals surface area (Å²) in [6.07, 6.45) is 1.87. The van der Waals surface area contributed by atoms with Crippen molar-refractivity contribution < 1.29 is 9.53 Å². The van der Waals surface area contributed by atoms with Crippen molar-refractivity contribution in [2.24, 2.45) is 0 Å². The smallest absolute Gasteiger partial charge is 0.315 e. The van der Waals surface area contributed by atoms with Crippen LogP contribution in [0.5, 0.6) is 0 Å². The van der Waals surface area contributed by atoms with Crippen molar-refractivity contribution >= 4 is 17.7 Å². The molecule has 0 unspecified atom stereocenters. The molecule has 0 saturated carbocycles. The summed E-state index contributed by atoms with van der Waals surface area (Å²) in [6, 6.07) is 0. The van der Waals surface area contributed by atoms with Crippen molar-refractivity contribution in [3.63, 3.8) is 0 Å². The van der Waals surface area contributed by atoms with Crippen molar-refractivity contribution in [3.05, 3.63) is 0 Å². The van der Waals surface area contributed by atoms with E-state index in [1.54, 1.807) is 6.92 Å². The minimum Gasteiger partial charge on any atom is -0.465 e. The number of esters is 1. The summed E-state index contributed by atoms with van der Waals surface area (Å²) < 4.78 is 4.62. The standard InChI is InChI=1S/C5H10O2S.4CH4/c1-3-7-5(6)4-8-2;;;;/h3-4H2,1-2H3;4*1H4. The Bertz CT molecular complexity index is 66.9. The first kappa shape index (κ1) is 29.8. The lowest BCUT2D eigenvalue weighted by molar-refractivity contribution is -0.139. The molecule has 80 valence electrons. The minimum atomic E-state index is -0.125. The van der Waals surface area contributed by atoms with Crippen molar-refractivity contribution in [2.45, 2.75) is 36.6 Å². The van der Waals surface area contributed by atoms with E-state index in [0.717, 1.165) is 0 Å². The number of thioether (sulfide) groups is 1. The maximum Gasteiger partial charge on any atom is 0.315 e. The van der Waals surface area contributed by atoms with Crippen LogP contribution in [0, 0.1) is 0 Å². The molecule has 0 spiro atoms. The number of rotatable bonds is 3. The Balaban J connectivity index is -0.0000000408. The van der Waals surface area contributed by atoms with Crippen molar-refractivity contribution in [3.8, 4) is 0 Å². The Hall–Kier alpha value is -0.180. The maximum atomic E-state index is 10.4. The van der Waals surface area contributed by atoms with Gasteiger partial charge in [0.2, 0.25) is 0 Å². The van der Waals surface area contributed by atoms with Crippen LogP contribution in [-0.4, -0.2) is 24.6 Å². The van der Waals surface area contributed by atoms with Gasteiger partial charge in [-0.15, -0.1) is 0 Å². The zero-order valence-corrected chi connectivity index (χ0v) is 5.96.